The molecule has 4 rings (SSSR count). The topological polar surface area (TPSA) is 54.9 Å². The molecule has 1 atom stereocenters. The molecule has 1 aliphatic carbocycles. The Hall–Kier alpha value is -2.44. The molecule has 1 amide bonds. The Bertz CT molecular complexity index is 802. The van der Waals surface area contributed by atoms with E-state index < -0.39 is 0 Å². The van der Waals surface area contributed by atoms with Gasteiger partial charge in [-0.3, -0.25) is 9.69 Å². The van der Waals surface area contributed by atoms with E-state index in [9.17, 15) is 4.79 Å². The van der Waals surface area contributed by atoms with Gasteiger partial charge in [-0.15, -0.1) is 0 Å². The van der Waals surface area contributed by atoms with Crippen molar-refractivity contribution in [2.24, 2.45) is 5.92 Å². The lowest BCUT2D eigenvalue weighted by atomic mass is 10.1. The first-order chi connectivity index (χ1) is 14.7. The van der Waals surface area contributed by atoms with E-state index >= 15 is 0 Å². The molecule has 1 saturated heterocycles. The third-order valence-electron chi connectivity index (χ3n) is 5.76. The number of morpholine rings is 1. The Kier molecular flexibility index (Phi) is 6.97. The van der Waals surface area contributed by atoms with Crippen molar-refractivity contribution in [3.63, 3.8) is 0 Å². The third kappa shape index (κ3) is 5.80. The number of rotatable bonds is 9. The van der Waals surface area contributed by atoms with Gasteiger partial charge in [0.05, 0.1) is 25.4 Å². The zero-order valence-corrected chi connectivity index (χ0v) is 17.7. The number of aromatic nitrogens is 1. The first kappa shape index (κ1) is 20.8. The van der Waals surface area contributed by atoms with Crippen molar-refractivity contribution < 1.29 is 14.3 Å². The minimum atomic E-state index is 0.000792. The van der Waals surface area contributed by atoms with Gasteiger partial charge in [0.1, 0.15) is 0 Å². The van der Waals surface area contributed by atoms with Crippen molar-refractivity contribution in [2.45, 2.75) is 32.4 Å². The molecule has 2 fully saturated rings. The molecule has 2 aliphatic rings. The fourth-order valence-electron chi connectivity index (χ4n) is 3.71. The quantitative estimate of drug-likeness (QED) is 0.636. The highest BCUT2D eigenvalue weighted by Crippen LogP contribution is 2.29. The summed E-state index contributed by atoms with van der Waals surface area (Å²) in [6.45, 7) is 7.58. The summed E-state index contributed by atoms with van der Waals surface area (Å²) < 4.78 is 11.2. The number of amides is 1. The highest BCUT2D eigenvalue weighted by Gasteiger charge is 2.25. The molecule has 1 aliphatic heterocycles. The average molecular weight is 410 g/mol. The van der Waals surface area contributed by atoms with Crippen LogP contribution in [0.2, 0.25) is 0 Å². The molecule has 2 aromatic rings. The molecule has 1 aromatic heterocycles. The molecule has 1 unspecified atom stereocenters. The van der Waals surface area contributed by atoms with E-state index in [-0.39, 0.29) is 11.9 Å². The molecule has 0 N–H and O–H groups in total. The van der Waals surface area contributed by atoms with Crippen molar-refractivity contribution in [3.8, 4) is 5.88 Å². The minimum absolute atomic E-state index is 0.000792. The van der Waals surface area contributed by atoms with Crippen molar-refractivity contribution in [2.75, 3.05) is 39.5 Å². The van der Waals surface area contributed by atoms with Gasteiger partial charge < -0.3 is 14.4 Å². The zero-order valence-electron chi connectivity index (χ0n) is 17.7. The maximum atomic E-state index is 13.4. The second-order valence-corrected chi connectivity index (χ2v) is 8.32. The smallest absolute Gasteiger partial charge is 0.256 e. The molecule has 1 saturated carbocycles. The Balaban J connectivity index is 1.45. The molecule has 30 heavy (non-hydrogen) atoms. The lowest BCUT2D eigenvalue weighted by molar-refractivity contribution is 0.0228. The minimum Gasteiger partial charge on any atom is -0.477 e. The summed E-state index contributed by atoms with van der Waals surface area (Å²) in [5.41, 5.74) is 1.72. The van der Waals surface area contributed by atoms with E-state index in [1.54, 1.807) is 6.20 Å². The number of benzene rings is 1. The maximum Gasteiger partial charge on any atom is 0.256 e. The monoisotopic (exact) mass is 409 g/mol. The summed E-state index contributed by atoms with van der Waals surface area (Å²) in [5.74, 6) is 1.27. The second kappa shape index (κ2) is 10.0. The molecule has 6 heteroatoms. The largest absolute Gasteiger partial charge is 0.477 e. The Morgan fingerprint density at radius 1 is 1.20 bits per heavy atom. The van der Waals surface area contributed by atoms with Gasteiger partial charge in [0.25, 0.3) is 5.91 Å². The van der Waals surface area contributed by atoms with E-state index in [1.807, 2.05) is 35.2 Å². The third-order valence-corrected chi connectivity index (χ3v) is 5.76. The highest BCUT2D eigenvalue weighted by molar-refractivity contribution is 5.94. The van der Waals surface area contributed by atoms with E-state index in [0.717, 1.165) is 45.0 Å². The summed E-state index contributed by atoms with van der Waals surface area (Å²) in [6.07, 6.45) is 4.13. The number of nitrogens with zero attached hydrogens (tertiary/aromatic N) is 3. The van der Waals surface area contributed by atoms with E-state index in [4.69, 9.17) is 9.47 Å². The zero-order chi connectivity index (χ0) is 20.8. The van der Waals surface area contributed by atoms with Gasteiger partial charge in [0, 0.05) is 44.5 Å². The van der Waals surface area contributed by atoms with Gasteiger partial charge in [-0.1, -0.05) is 30.3 Å². The predicted octanol–water partition coefficient (Wildman–Crippen LogP) is 3.23. The van der Waals surface area contributed by atoms with Crippen molar-refractivity contribution >= 4 is 5.91 Å². The van der Waals surface area contributed by atoms with Crippen LogP contribution in [0.15, 0.2) is 48.7 Å². The van der Waals surface area contributed by atoms with E-state index in [0.29, 0.717) is 23.9 Å². The molecule has 6 nitrogen and oxygen atoms in total. The van der Waals surface area contributed by atoms with Crippen LogP contribution >= 0.6 is 0 Å². The summed E-state index contributed by atoms with van der Waals surface area (Å²) in [6, 6.07) is 13.9. The number of pyridine rings is 1. The first-order valence-electron chi connectivity index (χ1n) is 10.9. The molecule has 0 spiro atoms. The van der Waals surface area contributed by atoms with Gasteiger partial charge in [0.2, 0.25) is 5.88 Å². The van der Waals surface area contributed by atoms with Crippen molar-refractivity contribution in [3.05, 3.63) is 59.8 Å². The highest BCUT2D eigenvalue weighted by atomic mass is 16.5. The van der Waals surface area contributed by atoms with Crippen molar-refractivity contribution in [1.82, 2.24) is 14.8 Å². The lowest BCUT2D eigenvalue weighted by Gasteiger charge is -2.35. The van der Waals surface area contributed by atoms with Crippen LogP contribution in [0.3, 0.4) is 0 Å². The molecule has 0 bridgehead atoms. The van der Waals surface area contributed by atoms with Gasteiger partial charge in [0.15, 0.2) is 0 Å². The van der Waals surface area contributed by atoms with E-state index in [1.165, 1.54) is 12.8 Å². The number of hydrogen-bond acceptors (Lipinski definition) is 5. The van der Waals surface area contributed by atoms with Crippen LogP contribution in [-0.4, -0.2) is 66.2 Å². The molecule has 1 aromatic carbocycles. The summed E-state index contributed by atoms with van der Waals surface area (Å²) in [4.78, 5) is 22.1. The van der Waals surface area contributed by atoms with Gasteiger partial charge in [-0.2, -0.15) is 0 Å². The van der Waals surface area contributed by atoms with Crippen LogP contribution in [0.1, 0.15) is 35.7 Å². The van der Waals surface area contributed by atoms with Crippen LogP contribution in [0.4, 0.5) is 0 Å². The van der Waals surface area contributed by atoms with Crippen LogP contribution in [0, 0.1) is 5.92 Å². The Morgan fingerprint density at radius 2 is 1.97 bits per heavy atom. The van der Waals surface area contributed by atoms with E-state index in [2.05, 4.69) is 28.9 Å². The average Bonchev–Trinajstić information content (AvgIpc) is 3.62. The van der Waals surface area contributed by atoms with Gasteiger partial charge in [-0.25, -0.2) is 4.98 Å². The summed E-state index contributed by atoms with van der Waals surface area (Å²) in [7, 11) is 0. The maximum absolute atomic E-state index is 13.4. The van der Waals surface area contributed by atoms with Crippen LogP contribution < -0.4 is 4.74 Å². The number of ether oxygens (including phenoxy) is 2. The first-order valence-corrected chi connectivity index (χ1v) is 10.9. The van der Waals surface area contributed by atoms with Gasteiger partial charge >= 0.3 is 0 Å². The molecule has 0 radical (unpaired) electrons. The standard InChI is InChI=1S/C24H31N3O3/c1-19(16-26-11-13-29-14-12-26)27(17-20-5-3-2-4-6-20)24(28)22-9-10-23(25-15-22)30-18-21-7-8-21/h2-6,9-10,15,19,21H,7-8,11-14,16-18H2,1H3. The molecular formula is C24H31N3O3. The SMILES string of the molecule is CC(CN1CCOCC1)N(Cc1ccccc1)C(=O)c1ccc(OCC2CC2)nc1. The Morgan fingerprint density at radius 3 is 2.63 bits per heavy atom. The predicted molar refractivity (Wildman–Crippen MR) is 115 cm³/mol. The fraction of sp³-hybridized carbons (Fsp3) is 0.500. The second-order valence-electron chi connectivity index (χ2n) is 8.32. The number of hydrogen-bond donors (Lipinski definition) is 0. The molecular weight excluding hydrogens is 378 g/mol. The molecule has 2 heterocycles. The lowest BCUT2D eigenvalue weighted by Crippen LogP contribution is -2.48. The normalized spacial score (nSPS) is 18.0. The summed E-state index contributed by atoms with van der Waals surface area (Å²) >= 11 is 0. The van der Waals surface area contributed by atoms with Crippen LogP contribution in [-0.2, 0) is 11.3 Å². The van der Waals surface area contributed by atoms with Crippen LogP contribution in [0.5, 0.6) is 5.88 Å². The van der Waals surface area contributed by atoms with Crippen molar-refractivity contribution in [1.29, 1.82) is 0 Å². The molecule has 160 valence electrons. The van der Waals surface area contributed by atoms with Gasteiger partial charge in [-0.05, 0) is 37.3 Å². The fourth-order valence-corrected chi connectivity index (χ4v) is 3.71. The summed E-state index contributed by atoms with van der Waals surface area (Å²) in [5, 5.41) is 0. The number of carbonyl (C=O) groups is 1. The number of carbonyl (C=O) groups excluding carboxylic acids is 1. The van der Waals surface area contributed by atoms with Crippen LogP contribution in [0.25, 0.3) is 0 Å². The Labute approximate surface area is 178 Å².